The summed E-state index contributed by atoms with van der Waals surface area (Å²) in [6.45, 7) is 6.07. The number of carboxylic acid groups (broad SMARTS) is 1. The van der Waals surface area contributed by atoms with E-state index in [2.05, 4.69) is 5.32 Å². The van der Waals surface area contributed by atoms with E-state index in [-0.39, 0.29) is 50.2 Å². The van der Waals surface area contributed by atoms with Gasteiger partial charge in [0.25, 0.3) is 0 Å². The molecule has 0 saturated carbocycles. The third kappa shape index (κ3) is 6.33. The summed E-state index contributed by atoms with van der Waals surface area (Å²) >= 11 is 7.59. The van der Waals surface area contributed by atoms with Crippen LogP contribution in [-0.4, -0.2) is 60.2 Å². The number of aryl methyl sites for hydroxylation is 1. The molecule has 1 atom stereocenters. The number of hydrogen-bond donors (Lipinski definition) is 4. The van der Waals surface area contributed by atoms with Crippen molar-refractivity contribution in [3.05, 3.63) is 50.9 Å². The summed E-state index contributed by atoms with van der Waals surface area (Å²) < 4.78 is 5.20. The quantitative estimate of drug-likeness (QED) is 0.226. The van der Waals surface area contributed by atoms with Crippen LogP contribution < -0.4 is 10.2 Å². The highest BCUT2D eigenvalue weighted by molar-refractivity contribution is 7.17. The monoisotopic (exact) mass is 517 g/mol. The van der Waals surface area contributed by atoms with Crippen molar-refractivity contribution in [1.82, 2.24) is 5.32 Å². The molecule has 0 unspecified atom stereocenters. The van der Waals surface area contributed by atoms with Gasteiger partial charge in [-0.2, -0.15) is 0 Å². The van der Waals surface area contributed by atoms with Crippen molar-refractivity contribution in [3.63, 3.8) is 0 Å². The van der Waals surface area contributed by atoms with Crippen molar-refractivity contribution in [3.8, 4) is 0 Å². The number of amidine groups is 2. The van der Waals surface area contributed by atoms with Crippen molar-refractivity contribution in [1.29, 1.82) is 10.8 Å². The number of nitrogens with one attached hydrogen (secondary N) is 3. The molecule has 1 aliphatic heterocycles. The first-order valence-electron chi connectivity index (χ1n) is 11.0. The summed E-state index contributed by atoms with van der Waals surface area (Å²) in [5, 5.41) is 29.9. The Morgan fingerprint density at radius 2 is 1.94 bits per heavy atom. The van der Waals surface area contributed by atoms with Gasteiger partial charge in [-0.15, -0.1) is 11.3 Å². The minimum Gasteiger partial charge on any atom is -0.481 e. The van der Waals surface area contributed by atoms with Gasteiger partial charge in [-0.1, -0.05) is 23.7 Å². The van der Waals surface area contributed by atoms with Gasteiger partial charge in [-0.05, 0) is 38.5 Å². The molecular weight excluding hydrogens is 490 g/mol. The fourth-order valence-corrected chi connectivity index (χ4v) is 5.01. The summed E-state index contributed by atoms with van der Waals surface area (Å²) in [5.41, 5.74) is 3.33. The van der Waals surface area contributed by atoms with Gasteiger partial charge in [0, 0.05) is 27.6 Å². The first-order valence-corrected chi connectivity index (χ1v) is 12.2. The summed E-state index contributed by atoms with van der Waals surface area (Å²) in [6.07, 6.45) is -0.182. The number of hydrogen-bond acceptors (Lipinski definition) is 7. The van der Waals surface area contributed by atoms with Gasteiger partial charge >= 0.3 is 5.97 Å². The molecule has 4 N–H and O–H groups in total. The smallest absolute Gasteiger partial charge is 0.305 e. The van der Waals surface area contributed by atoms with Gasteiger partial charge in [-0.3, -0.25) is 30.3 Å². The summed E-state index contributed by atoms with van der Waals surface area (Å²) in [7, 11) is 0. The van der Waals surface area contributed by atoms with Crippen LogP contribution in [0.5, 0.6) is 0 Å². The minimum absolute atomic E-state index is 0.0526. The lowest BCUT2D eigenvalue weighted by Crippen LogP contribution is -2.42. The molecule has 1 amide bonds. The second kappa shape index (κ2) is 11.6. The van der Waals surface area contributed by atoms with Crippen LogP contribution in [0.1, 0.15) is 41.3 Å². The number of ether oxygens (including phenoxy) is 1. The first kappa shape index (κ1) is 26.5. The van der Waals surface area contributed by atoms with Crippen LogP contribution in [0.25, 0.3) is 0 Å². The molecule has 9 nitrogen and oxygen atoms in total. The van der Waals surface area contributed by atoms with Crippen LogP contribution in [0.4, 0.5) is 5.00 Å². The fourth-order valence-electron chi connectivity index (χ4n) is 3.66. The predicted octanol–water partition coefficient (Wildman–Crippen LogP) is 4.02. The molecule has 11 heteroatoms. The van der Waals surface area contributed by atoms with Crippen LogP contribution in [0, 0.1) is 24.7 Å². The molecule has 0 radical (unpaired) electrons. The van der Waals surface area contributed by atoms with E-state index in [1.165, 1.54) is 11.3 Å². The number of fused-ring (bicyclic) bond motifs is 1. The number of benzene rings is 1. The normalized spacial score (nSPS) is 15.3. The van der Waals surface area contributed by atoms with Crippen molar-refractivity contribution < 1.29 is 19.4 Å². The highest BCUT2D eigenvalue weighted by atomic mass is 35.5. The van der Waals surface area contributed by atoms with E-state index in [0.29, 0.717) is 10.7 Å². The van der Waals surface area contributed by atoms with Crippen molar-refractivity contribution in [2.24, 2.45) is 4.99 Å². The standard InChI is InChI=1S/C24H28ClN5O4S/c1-13-14(2)35-24-21(13)22(16-4-6-17(25)7-5-16)29-18(23(27)30(24)15(3)26)12-19(31)28-9-11-34-10-8-20(32)33/h4-7,18,26-27H,8-12H2,1-3H3,(H,28,31)(H,32,33)/t18-/m0/s1. The van der Waals surface area contributed by atoms with Gasteiger partial charge in [0.05, 0.1) is 31.8 Å². The number of carbonyl (C=O) groups is 2. The summed E-state index contributed by atoms with van der Waals surface area (Å²) in [5.74, 6) is -1.04. The van der Waals surface area contributed by atoms with Gasteiger partial charge in [0.1, 0.15) is 22.7 Å². The van der Waals surface area contributed by atoms with Crippen LogP contribution >= 0.6 is 22.9 Å². The van der Waals surface area contributed by atoms with Crippen LogP contribution in [-0.2, 0) is 14.3 Å². The molecule has 0 spiro atoms. The highest BCUT2D eigenvalue weighted by Crippen LogP contribution is 2.40. The van der Waals surface area contributed by atoms with E-state index in [0.717, 1.165) is 26.6 Å². The Morgan fingerprint density at radius 1 is 1.26 bits per heavy atom. The number of halogens is 1. The zero-order chi connectivity index (χ0) is 25.7. The maximum absolute atomic E-state index is 12.7. The topological polar surface area (TPSA) is 139 Å². The Bertz CT molecular complexity index is 1180. The lowest BCUT2D eigenvalue weighted by atomic mass is 9.99. The average Bonchev–Trinajstić information content (AvgIpc) is 3.00. The number of amides is 1. The van der Waals surface area contributed by atoms with Crippen molar-refractivity contribution in [2.45, 2.75) is 39.7 Å². The number of aliphatic carboxylic acids is 1. The summed E-state index contributed by atoms with van der Waals surface area (Å²) in [6, 6.07) is 6.46. The van der Waals surface area contributed by atoms with Crippen LogP contribution in [0.2, 0.25) is 5.02 Å². The third-order valence-electron chi connectivity index (χ3n) is 5.51. The maximum atomic E-state index is 12.7. The van der Waals surface area contributed by atoms with E-state index in [1.54, 1.807) is 24.0 Å². The predicted molar refractivity (Wildman–Crippen MR) is 139 cm³/mol. The molecule has 0 aliphatic carbocycles. The Morgan fingerprint density at radius 3 is 2.57 bits per heavy atom. The average molecular weight is 518 g/mol. The number of anilines is 1. The summed E-state index contributed by atoms with van der Waals surface area (Å²) in [4.78, 5) is 30.7. The van der Waals surface area contributed by atoms with Crippen LogP contribution in [0.15, 0.2) is 29.3 Å². The molecule has 35 heavy (non-hydrogen) atoms. The van der Waals surface area contributed by atoms with E-state index >= 15 is 0 Å². The minimum atomic E-state index is -0.944. The largest absolute Gasteiger partial charge is 0.481 e. The first-order chi connectivity index (χ1) is 16.6. The molecule has 186 valence electrons. The number of nitrogens with zero attached hydrogens (tertiary/aromatic N) is 2. The van der Waals surface area contributed by atoms with Gasteiger partial charge in [0.2, 0.25) is 5.91 Å². The molecule has 3 rings (SSSR count). The lowest BCUT2D eigenvalue weighted by Gasteiger charge is -2.24. The van der Waals surface area contributed by atoms with Crippen LogP contribution in [0.3, 0.4) is 0 Å². The fraction of sp³-hybridized carbons (Fsp3) is 0.375. The second-order valence-corrected chi connectivity index (χ2v) is 9.72. The molecule has 2 aromatic rings. The zero-order valence-electron chi connectivity index (χ0n) is 19.8. The van der Waals surface area contributed by atoms with E-state index in [4.69, 9.17) is 37.3 Å². The Balaban J connectivity index is 1.89. The Kier molecular flexibility index (Phi) is 8.76. The number of thiophene rings is 1. The van der Waals surface area contributed by atoms with Gasteiger partial charge < -0.3 is 15.2 Å². The number of carbonyl (C=O) groups excluding carboxylic acids is 1. The Labute approximate surface area is 212 Å². The molecule has 0 bridgehead atoms. The van der Waals surface area contributed by atoms with E-state index in [9.17, 15) is 9.59 Å². The molecular formula is C24H28ClN5O4S. The molecule has 1 aromatic carbocycles. The lowest BCUT2D eigenvalue weighted by molar-refractivity contribution is -0.138. The SMILES string of the molecule is CC(=N)N1C(=N)[C@H](CC(=O)NCCOCCC(=O)O)N=C(c2ccc(Cl)cc2)c2c1sc(C)c2C. The number of rotatable bonds is 9. The van der Waals surface area contributed by atoms with Crippen molar-refractivity contribution in [2.75, 3.05) is 24.7 Å². The van der Waals surface area contributed by atoms with Gasteiger partial charge in [-0.25, -0.2) is 0 Å². The second-order valence-electron chi connectivity index (χ2n) is 8.08. The zero-order valence-corrected chi connectivity index (χ0v) is 21.3. The van der Waals surface area contributed by atoms with E-state index in [1.807, 2.05) is 26.0 Å². The molecule has 1 aromatic heterocycles. The molecule has 0 saturated heterocycles. The molecule has 0 fully saturated rings. The Hall–Kier alpha value is -3.08. The third-order valence-corrected chi connectivity index (χ3v) is 6.95. The van der Waals surface area contributed by atoms with Crippen molar-refractivity contribution >= 4 is 57.2 Å². The van der Waals surface area contributed by atoms with E-state index < -0.39 is 12.0 Å². The maximum Gasteiger partial charge on any atom is 0.305 e. The molecule has 2 heterocycles. The highest BCUT2D eigenvalue weighted by Gasteiger charge is 2.34. The number of carboxylic acids is 1. The van der Waals surface area contributed by atoms with Gasteiger partial charge in [0.15, 0.2) is 0 Å². The molecule has 1 aliphatic rings. The number of aliphatic imine (C=N–C) groups is 1.